The lowest BCUT2D eigenvalue weighted by atomic mass is 9.79. The summed E-state index contributed by atoms with van der Waals surface area (Å²) in [5.41, 5.74) is -0.248. The number of aliphatic hydroxyl groups excluding tert-OH is 2. The lowest BCUT2D eigenvalue weighted by Crippen LogP contribution is -2.29. The summed E-state index contributed by atoms with van der Waals surface area (Å²) in [7, 11) is 0. The highest BCUT2D eigenvalue weighted by molar-refractivity contribution is 4.82. The van der Waals surface area contributed by atoms with E-state index in [1.54, 1.807) is 0 Å². The van der Waals surface area contributed by atoms with E-state index in [9.17, 15) is 10.2 Å². The topological polar surface area (TPSA) is 40.5 Å². The SMILES string of the molecule is CCCCCCCCC=CCCCCCCCCC(CO)(CO)CCCCCCCCC=CCCCCCCCC. The molecule has 0 amide bonds. The van der Waals surface area contributed by atoms with Crippen molar-refractivity contribution in [1.29, 1.82) is 0 Å². The summed E-state index contributed by atoms with van der Waals surface area (Å²) in [5, 5.41) is 20.1. The van der Waals surface area contributed by atoms with Crippen LogP contribution in [0.4, 0.5) is 0 Å². The number of hydrogen-bond acceptors (Lipinski definition) is 2. The second kappa shape index (κ2) is 33.9. The molecule has 0 aliphatic carbocycles. The lowest BCUT2D eigenvalue weighted by Gasteiger charge is -2.30. The van der Waals surface area contributed by atoms with Crippen molar-refractivity contribution >= 4 is 0 Å². The Kier molecular flexibility index (Phi) is 33.4. The molecule has 2 nitrogen and oxygen atoms in total. The molecule has 0 aromatic heterocycles. The van der Waals surface area contributed by atoms with E-state index in [0.29, 0.717) is 0 Å². The van der Waals surface area contributed by atoms with Gasteiger partial charge in [0.2, 0.25) is 0 Å². The molecule has 0 atom stereocenters. The van der Waals surface area contributed by atoms with Crippen LogP contribution in [-0.2, 0) is 0 Å². The second-order valence-electron chi connectivity index (χ2n) is 13.2. The number of hydrogen-bond donors (Lipinski definition) is 2. The van der Waals surface area contributed by atoms with Gasteiger partial charge in [0.15, 0.2) is 0 Å². The van der Waals surface area contributed by atoms with Crippen LogP contribution >= 0.6 is 0 Å². The molecule has 2 heteroatoms. The minimum absolute atomic E-state index is 0.139. The van der Waals surface area contributed by atoms with Gasteiger partial charge in [0.25, 0.3) is 0 Å². The highest BCUT2D eigenvalue weighted by Crippen LogP contribution is 2.31. The van der Waals surface area contributed by atoms with Crippen LogP contribution in [-0.4, -0.2) is 23.4 Å². The predicted octanol–water partition coefficient (Wildman–Crippen LogP) is 12.8. The van der Waals surface area contributed by atoms with Gasteiger partial charge in [-0.25, -0.2) is 0 Å². The summed E-state index contributed by atoms with van der Waals surface area (Å²) < 4.78 is 0. The van der Waals surface area contributed by atoms with Crippen LogP contribution in [0.5, 0.6) is 0 Å². The van der Waals surface area contributed by atoms with E-state index >= 15 is 0 Å². The van der Waals surface area contributed by atoms with Crippen molar-refractivity contribution in [1.82, 2.24) is 0 Å². The minimum Gasteiger partial charge on any atom is -0.396 e. The second-order valence-corrected chi connectivity index (χ2v) is 13.2. The van der Waals surface area contributed by atoms with E-state index in [0.717, 1.165) is 25.7 Å². The van der Waals surface area contributed by atoms with Crippen molar-refractivity contribution in [2.75, 3.05) is 13.2 Å². The average molecular weight is 577 g/mol. The molecule has 0 radical (unpaired) electrons. The molecule has 2 N–H and O–H groups in total. The lowest BCUT2D eigenvalue weighted by molar-refractivity contribution is 0.0353. The Bertz CT molecular complexity index is 490. The summed E-state index contributed by atoms with van der Waals surface area (Å²) in [4.78, 5) is 0. The Labute approximate surface area is 259 Å². The highest BCUT2D eigenvalue weighted by Gasteiger charge is 2.27. The summed E-state index contributed by atoms with van der Waals surface area (Å²) in [6, 6.07) is 0. The molecular weight excluding hydrogens is 500 g/mol. The smallest absolute Gasteiger partial charge is 0.0509 e. The first-order chi connectivity index (χ1) is 20.2. The third kappa shape index (κ3) is 29.3. The Balaban J connectivity index is 3.60. The maximum atomic E-state index is 10.1. The molecule has 0 aromatic rings. The van der Waals surface area contributed by atoms with Crippen LogP contribution in [0.25, 0.3) is 0 Å². The van der Waals surface area contributed by atoms with E-state index in [1.165, 1.54) is 167 Å². The van der Waals surface area contributed by atoms with E-state index in [2.05, 4.69) is 38.2 Å². The molecule has 0 rings (SSSR count). The van der Waals surface area contributed by atoms with E-state index in [-0.39, 0.29) is 18.6 Å². The molecule has 244 valence electrons. The molecule has 41 heavy (non-hydrogen) atoms. The van der Waals surface area contributed by atoms with Gasteiger partial charge >= 0.3 is 0 Å². The molecule has 0 aliphatic heterocycles. The van der Waals surface area contributed by atoms with Crippen molar-refractivity contribution in [2.24, 2.45) is 5.41 Å². The Hall–Kier alpha value is -0.600. The third-order valence-electron chi connectivity index (χ3n) is 9.11. The van der Waals surface area contributed by atoms with E-state index in [1.807, 2.05) is 0 Å². The van der Waals surface area contributed by atoms with Crippen LogP contribution in [0.3, 0.4) is 0 Å². The summed E-state index contributed by atoms with van der Waals surface area (Å²) in [5.74, 6) is 0. The number of allylic oxidation sites excluding steroid dienone is 4. The van der Waals surface area contributed by atoms with Gasteiger partial charge in [-0.1, -0.05) is 167 Å². The first-order valence-corrected chi connectivity index (χ1v) is 18.8. The molecule has 0 fully saturated rings. The van der Waals surface area contributed by atoms with E-state index < -0.39 is 0 Å². The fourth-order valence-corrected chi connectivity index (χ4v) is 5.99. The highest BCUT2D eigenvalue weighted by atomic mass is 16.3. The zero-order chi connectivity index (χ0) is 30.0. The van der Waals surface area contributed by atoms with Crippen LogP contribution in [0, 0.1) is 5.41 Å². The molecule has 0 unspecified atom stereocenters. The summed E-state index contributed by atoms with van der Waals surface area (Å²) in [6.45, 7) is 4.84. The Morgan fingerprint density at radius 1 is 0.341 bits per heavy atom. The summed E-state index contributed by atoms with van der Waals surface area (Å²) in [6.07, 6.45) is 48.5. The van der Waals surface area contributed by atoms with Gasteiger partial charge in [-0.2, -0.15) is 0 Å². The van der Waals surface area contributed by atoms with Gasteiger partial charge in [0, 0.05) is 5.41 Å². The molecule has 0 aromatic carbocycles. The Morgan fingerprint density at radius 2 is 0.585 bits per heavy atom. The predicted molar refractivity (Wildman–Crippen MR) is 185 cm³/mol. The first-order valence-electron chi connectivity index (χ1n) is 18.8. The largest absolute Gasteiger partial charge is 0.396 e. The average Bonchev–Trinajstić information content (AvgIpc) is 2.99. The van der Waals surface area contributed by atoms with Crippen molar-refractivity contribution in [3.8, 4) is 0 Å². The van der Waals surface area contributed by atoms with E-state index in [4.69, 9.17) is 0 Å². The zero-order valence-electron chi connectivity index (χ0n) is 28.3. The molecule has 0 saturated heterocycles. The molecule has 0 bridgehead atoms. The fourth-order valence-electron chi connectivity index (χ4n) is 5.99. The van der Waals surface area contributed by atoms with Crippen LogP contribution in [0.1, 0.15) is 206 Å². The maximum absolute atomic E-state index is 10.1. The monoisotopic (exact) mass is 577 g/mol. The quantitative estimate of drug-likeness (QED) is 0.0590. The van der Waals surface area contributed by atoms with Crippen LogP contribution in [0.15, 0.2) is 24.3 Å². The number of rotatable bonds is 34. The Morgan fingerprint density at radius 3 is 0.854 bits per heavy atom. The van der Waals surface area contributed by atoms with Crippen LogP contribution < -0.4 is 0 Å². The maximum Gasteiger partial charge on any atom is 0.0509 e. The normalized spacial score (nSPS) is 12.4. The van der Waals surface area contributed by atoms with Gasteiger partial charge in [0.05, 0.1) is 13.2 Å². The fraction of sp³-hybridized carbons (Fsp3) is 0.897. The standard InChI is InChI=1S/C39H76O2/c1-3-5-7-9-11-13-15-17-19-21-23-25-27-29-31-33-35-39(37-40,38-41)36-34-32-30-28-26-24-22-20-18-16-14-12-10-8-6-4-2/h17-20,40-41H,3-16,21-38H2,1-2H3. The molecule has 0 spiro atoms. The van der Waals surface area contributed by atoms with Crippen LogP contribution in [0.2, 0.25) is 0 Å². The zero-order valence-corrected chi connectivity index (χ0v) is 28.3. The van der Waals surface area contributed by atoms with Gasteiger partial charge in [0.1, 0.15) is 0 Å². The van der Waals surface area contributed by atoms with Gasteiger partial charge in [-0.3, -0.25) is 0 Å². The summed E-state index contributed by atoms with van der Waals surface area (Å²) >= 11 is 0. The van der Waals surface area contributed by atoms with Gasteiger partial charge < -0.3 is 10.2 Å². The molecule has 0 saturated carbocycles. The number of aliphatic hydroxyl groups is 2. The molecule has 0 heterocycles. The van der Waals surface area contributed by atoms with Crippen molar-refractivity contribution in [3.05, 3.63) is 24.3 Å². The van der Waals surface area contributed by atoms with Gasteiger partial charge in [-0.05, 0) is 64.2 Å². The minimum atomic E-state index is -0.248. The first kappa shape index (κ1) is 40.4. The van der Waals surface area contributed by atoms with Crippen molar-refractivity contribution < 1.29 is 10.2 Å². The molecule has 0 aliphatic rings. The van der Waals surface area contributed by atoms with Gasteiger partial charge in [-0.15, -0.1) is 0 Å². The van der Waals surface area contributed by atoms with Crippen molar-refractivity contribution in [2.45, 2.75) is 206 Å². The molecular formula is C39H76O2. The third-order valence-corrected chi connectivity index (χ3v) is 9.11. The number of unbranched alkanes of at least 4 members (excludes halogenated alkanes) is 24. The van der Waals surface area contributed by atoms with Crippen molar-refractivity contribution in [3.63, 3.8) is 0 Å².